The first-order valence-corrected chi connectivity index (χ1v) is 5.38. The normalized spacial score (nSPS) is 10.2. The zero-order valence-electron chi connectivity index (χ0n) is 9.24. The molecule has 2 N–H and O–H groups in total. The van der Waals surface area contributed by atoms with E-state index in [0.717, 1.165) is 5.69 Å². The molecule has 4 heteroatoms. The molecule has 0 spiro atoms. The van der Waals surface area contributed by atoms with E-state index in [0.29, 0.717) is 12.1 Å². The van der Waals surface area contributed by atoms with Gasteiger partial charge < -0.3 is 10.3 Å². The van der Waals surface area contributed by atoms with Crippen molar-refractivity contribution in [3.8, 4) is 0 Å². The van der Waals surface area contributed by atoms with Gasteiger partial charge in [0.15, 0.2) is 0 Å². The predicted molar refractivity (Wildman–Crippen MR) is 62.7 cm³/mol. The summed E-state index contributed by atoms with van der Waals surface area (Å²) in [5, 5.41) is 2.72. The van der Waals surface area contributed by atoms with Crippen molar-refractivity contribution in [3.05, 3.63) is 59.7 Å². The summed E-state index contributed by atoms with van der Waals surface area (Å²) in [4.78, 5) is 14.5. The van der Waals surface area contributed by atoms with Crippen molar-refractivity contribution in [2.45, 2.75) is 13.0 Å². The molecule has 2 aromatic rings. The van der Waals surface area contributed by atoms with Crippen LogP contribution in [0, 0.1) is 5.82 Å². The standard InChI is InChI=1S/C13H13FN2O/c14-12-6-2-1-4-10(12)8-13(17)16-9-11-5-3-7-15-11/h1-7,15H,8-9H2,(H,16,17). The maximum absolute atomic E-state index is 13.3. The molecule has 0 aliphatic heterocycles. The summed E-state index contributed by atoms with van der Waals surface area (Å²) in [5.74, 6) is -0.535. The van der Waals surface area contributed by atoms with Gasteiger partial charge in [0.05, 0.1) is 13.0 Å². The van der Waals surface area contributed by atoms with Gasteiger partial charge in [0.1, 0.15) is 5.82 Å². The molecule has 1 aromatic heterocycles. The summed E-state index contributed by atoms with van der Waals surface area (Å²) in [5.41, 5.74) is 1.34. The summed E-state index contributed by atoms with van der Waals surface area (Å²) in [6.45, 7) is 0.431. The lowest BCUT2D eigenvalue weighted by atomic mass is 10.1. The van der Waals surface area contributed by atoms with Gasteiger partial charge in [-0.25, -0.2) is 4.39 Å². The van der Waals surface area contributed by atoms with Gasteiger partial charge in [-0.3, -0.25) is 4.79 Å². The smallest absolute Gasteiger partial charge is 0.224 e. The van der Waals surface area contributed by atoms with E-state index in [9.17, 15) is 9.18 Å². The Hall–Kier alpha value is -2.10. The molecule has 0 radical (unpaired) electrons. The number of nitrogens with one attached hydrogen (secondary N) is 2. The molecule has 17 heavy (non-hydrogen) atoms. The summed E-state index contributed by atoms with van der Waals surface area (Å²) >= 11 is 0. The maximum Gasteiger partial charge on any atom is 0.224 e. The van der Waals surface area contributed by atoms with Crippen molar-refractivity contribution in [2.24, 2.45) is 0 Å². The Labute approximate surface area is 98.7 Å². The number of carbonyl (C=O) groups is 1. The van der Waals surface area contributed by atoms with Crippen LogP contribution in [0.1, 0.15) is 11.3 Å². The second-order valence-corrected chi connectivity index (χ2v) is 3.74. The fourth-order valence-electron chi connectivity index (χ4n) is 1.55. The minimum Gasteiger partial charge on any atom is -0.364 e. The van der Waals surface area contributed by atoms with Crippen LogP contribution in [0.2, 0.25) is 0 Å². The number of benzene rings is 1. The number of halogens is 1. The monoisotopic (exact) mass is 232 g/mol. The Morgan fingerprint density at radius 1 is 1.24 bits per heavy atom. The predicted octanol–water partition coefficient (Wildman–Crippen LogP) is 2.01. The Kier molecular flexibility index (Phi) is 3.55. The van der Waals surface area contributed by atoms with Crippen LogP contribution in [0.3, 0.4) is 0 Å². The Morgan fingerprint density at radius 3 is 2.76 bits per heavy atom. The topological polar surface area (TPSA) is 44.9 Å². The number of amides is 1. The summed E-state index contributed by atoms with van der Waals surface area (Å²) in [6.07, 6.45) is 1.85. The second kappa shape index (κ2) is 5.30. The van der Waals surface area contributed by atoms with Crippen LogP contribution in [0.25, 0.3) is 0 Å². The molecule has 2 rings (SSSR count). The average Bonchev–Trinajstić information content (AvgIpc) is 2.82. The lowest BCUT2D eigenvalue weighted by Gasteiger charge is -2.04. The van der Waals surface area contributed by atoms with Crippen molar-refractivity contribution in [1.29, 1.82) is 0 Å². The summed E-state index contributed by atoms with van der Waals surface area (Å²) in [7, 11) is 0. The molecule has 0 aliphatic rings. The van der Waals surface area contributed by atoms with Gasteiger partial charge in [-0.2, -0.15) is 0 Å². The molecule has 0 saturated carbocycles. The van der Waals surface area contributed by atoms with Crippen LogP contribution in [0.4, 0.5) is 4.39 Å². The van der Waals surface area contributed by atoms with Crippen molar-refractivity contribution in [3.63, 3.8) is 0 Å². The van der Waals surface area contributed by atoms with Crippen LogP contribution in [-0.4, -0.2) is 10.9 Å². The molecule has 0 aliphatic carbocycles. The van der Waals surface area contributed by atoms with Gasteiger partial charge in [-0.1, -0.05) is 18.2 Å². The molecular formula is C13H13FN2O. The number of hydrogen-bond acceptors (Lipinski definition) is 1. The third-order valence-corrected chi connectivity index (χ3v) is 2.45. The zero-order chi connectivity index (χ0) is 12.1. The van der Waals surface area contributed by atoms with E-state index in [1.54, 1.807) is 24.4 Å². The molecule has 0 unspecified atom stereocenters. The van der Waals surface area contributed by atoms with Crippen LogP contribution in [-0.2, 0) is 17.8 Å². The fraction of sp³-hybridized carbons (Fsp3) is 0.154. The van der Waals surface area contributed by atoms with Gasteiger partial charge in [-0.05, 0) is 23.8 Å². The molecule has 1 aromatic carbocycles. The molecule has 88 valence electrons. The third-order valence-electron chi connectivity index (χ3n) is 2.45. The van der Waals surface area contributed by atoms with Crippen LogP contribution in [0.5, 0.6) is 0 Å². The van der Waals surface area contributed by atoms with Crippen molar-refractivity contribution in [1.82, 2.24) is 10.3 Å². The molecule has 1 heterocycles. The highest BCUT2D eigenvalue weighted by molar-refractivity contribution is 5.78. The third kappa shape index (κ3) is 3.17. The largest absolute Gasteiger partial charge is 0.364 e. The Morgan fingerprint density at radius 2 is 2.06 bits per heavy atom. The van der Waals surface area contributed by atoms with Gasteiger partial charge in [0.2, 0.25) is 5.91 Å². The first kappa shape index (κ1) is 11.4. The quantitative estimate of drug-likeness (QED) is 0.832. The molecule has 0 fully saturated rings. The van der Waals surface area contributed by atoms with E-state index >= 15 is 0 Å². The molecule has 0 saturated heterocycles. The number of H-pyrrole nitrogens is 1. The van der Waals surface area contributed by atoms with Crippen molar-refractivity contribution >= 4 is 5.91 Å². The number of hydrogen-bond donors (Lipinski definition) is 2. The minimum absolute atomic E-state index is 0.0629. The number of aromatic amines is 1. The van der Waals surface area contributed by atoms with E-state index in [4.69, 9.17) is 0 Å². The lowest BCUT2D eigenvalue weighted by molar-refractivity contribution is -0.120. The van der Waals surface area contributed by atoms with Crippen molar-refractivity contribution in [2.75, 3.05) is 0 Å². The van der Waals surface area contributed by atoms with Crippen molar-refractivity contribution < 1.29 is 9.18 Å². The van der Waals surface area contributed by atoms with E-state index in [2.05, 4.69) is 10.3 Å². The highest BCUT2D eigenvalue weighted by Gasteiger charge is 2.07. The van der Waals surface area contributed by atoms with Gasteiger partial charge in [0.25, 0.3) is 0 Å². The van der Waals surface area contributed by atoms with E-state index < -0.39 is 0 Å². The molecule has 3 nitrogen and oxygen atoms in total. The fourth-order valence-corrected chi connectivity index (χ4v) is 1.55. The Bertz CT molecular complexity index is 494. The summed E-state index contributed by atoms with van der Waals surface area (Å²) < 4.78 is 13.3. The first-order valence-electron chi connectivity index (χ1n) is 5.38. The van der Waals surface area contributed by atoms with Gasteiger partial charge in [-0.15, -0.1) is 0 Å². The van der Waals surface area contributed by atoms with Gasteiger partial charge in [0, 0.05) is 11.9 Å². The van der Waals surface area contributed by atoms with Crippen LogP contribution < -0.4 is 5.32 Å². The molecule has 0 atom stereocenters. The Balaban J connectivity index is 1.87. The maximum atomic E-state index is 13.3. The number of aromatic nitrogens is 1. The van der Waals surface area contributed by atoms with Crippen LogP contribution in [0.15, 0.2) is 42.6 Å². The number of rotatable bonds is 4. The molecular weight excluding hydrogens is 219 g/mol. The first-order chi connectivity index (χ1) is 8.25. The highest BCUT2D eigenvalue weighted by Crippen LogP contribution is 2.06. The lowest BCUT2D eigenvalue weighted by Crippen LogP contribution is -2.25. The summed E-state index contributed by atoms with van der Waals surface area (Å²) in [6, 6.07) is 10.0. The molecule has 0 bridgehead atoms. The zero-order valence-corrected chi connectivity index (χ0v) is 9.24. The SMILES string of the molecule is O=C(Cc1ccccc1F)NCc1ccc[nH]1. The molecule has 1 amide bonds. The average molecular weight is 232 g/mol. The van der Waals surface area contributed by atoms with E-state index in [-0.39, 0.29) is 18.1 Å². The van der Waals surface area contributed by atoms with Gasteiger partial charge >= 0.3 is 0 Å². The number of carbonyl (C=O) groups excluding carboxylic acids is 1. The van der Waals surface area contributed by atoms with Crippen LogP contribution >= 0.6 is 0 Å². The van der Waals surface area contributed by atoms with E-state index in [1.165, 1.54) is 6.07 Å². The highest BCUT2D eigenvalue weighted by atomic mass is 19.1. The van der Waals surface area contributed by atoms with E-state index in [1.807, 2.05) is 12.1 Å². The second-order valence-electron chi connectivity index (χ2n) is 3.74. The minimum atomic E-state index is -0.345.